The van der Waals surface area contributed by atoms with Crippen molar-refractivity contribution in [3.63, 3.8) is 0 Å². The summed E-state index contributed by atoms with van der Waals surface area (Å²) >= 11 is 0. The van der Waals surface area contributed by atoms with E-state index in [0.717, 1.165) is 37.9 Å². The van der Waals surface area contributed by atoms with E-state index in [1.54, 1.807) is 0 Å². The minimum absolute atomic E-state index is 0.00518. The predicted molar refractivity (Wildman–Crippen MR) is 77.5 cm³/mol. The first-order valence-electron chi connectivity index (χ1n) is 7.58. The van der Waals surface area contributed by atoms with Crippen molar-refractivity contribution >= 4 is 5.91 Å². The highest BCUT2D eigenvalue weighted by Crippen LogP contribution is 2.21. The van der Waals surface area contributed by atoms with E-state index in [0.29, 0.717) is 18.0 Å². The van der Waals surface area contributed by atoms with Crippen LogP contribution in [-0.2, 0) is 6.42 Å². The van der Waals surface area contributed by atoms with Gasteiger partial charge in [0, 0.05) is 24.9 Å². The third-order valence-electron chi connectivity index (χ3n) is 3.83. The summed E-state index contributed by atoms with van der Waals surface area (Å²) in [7, 11) is 0. The number of aromatic amines is 1. The molecule has 1 saturated heterocycles. The van der Waals surface area contributed by atoms with E-state index >= 15 is 0 Å². The minimum atomic E-state index is -0.00518. The molecule has 1 atom stereocenters. The summed E-state index contributed by atoms with van der Waals surface area (Å²) in [5.41, 5.74) is 1.52. The van der Waals surface area contributed by atoms with Gasteiger partial charge >= 0.3 is 0 Å². The number of aliphatic hydroxyl groups excluding tert-OH is 1. The van der Waals surface area contributed by atoms with Gasteiger partial charge in [-0.1, -0.05) is 13.8 Å². The summed E-state index contributed by atoms with van der Waals surface area (Å²) in [5.74, 6) is 0.532. The molecule has 2 heterocycles. The molecule has 2 rings (SSSR count). The molecule has 2 N–H and O–H groups in total. The Morgan fingerprint density at radius 1 is 1.55 bits per heavy atom. The lowest BCUT2D eigenvalue weighted by molar-refractivity contribution is 0.0568. The van der Waals surface area contributed by atoms with Crippen LogP contribution < -0.4 is 0 Å². The van der Waals surface area contributed by atoms with Crippen molar-refractivity contribution in [1.82, 2.24) is 15.1 Å². The molecule has 112 valence electrons. The van der Waals surface area contributed by atoms with E-state index in [1.165, 1.54) is 0 Å². The first-order valence-corrected chi connectivity index (χ1v) is 7.58. The molecule has 1 aromatic rings. The van der Waals surface area contributed by atoms with Crippen LogP contribution in [0.15, 0.2) is 6.07 Å². The number of carbonyl (C=O) groups excluding carboxylic acids is 1. The maximum atomic E-state index is 12.5. The Morgan fingerprint density at radius 3 is 3.05 bits per heavy atom. The molecule has 1 aliphatic rings. The molecule has 5 nitrogen and oxygen atoms in total. The third-order valence-corrected chi connectivity index (χ3v) is 3.83. The smallest absolute Gasteiger partial charge is 0.274 e. The number of aromatic nitrogens is 2. The van der Waals surface area contributed by atoms with Gasteiger partial charge in [0.05, 0.1) is 0 Å². The van der Waals surface area contributed by atoms with Crippen LogP contribution in [0.1, 0.15) is 55.7 Å². The van der Waals surface area contributed by atoms with Crippen molar-refractivity contribution in [3.05, 3.63) is 17.5 Å². The van der Waals surface area contributed by atoms with Crippen LogP contribution in [0, 0.1) is 5.92 Å². The molecule has 0 aliphatic carbocycles. The molecule has 1 fully saturated rings. The fourth-order valence-corrected chi connectivity index (χ4v) is 2.88. The number of nitrogens with one attached hydrogen (secondary N) is 1. The second-order valence-corrected chi connectivity index (χ2v) is 6.04. The summed E-state index contributed by atoms with van der Waals surface area (Å²) in [4.78, 5) is 14.4. The van der Waals surface area contributed by atoms with Gasteiger partial charge in [-0.2, -0.15) is 5.10 Å². The van der Waals surface area contributed by atoms with Gasteiger partial charge in [0.1, 0.15) is 5.69 Å². The second-order valence-electron chi connectivity index (χ2n) is 6.04. The summed E-state index contributed by atoms with van der Waals surface area (Å²) in [5, 5.41) is 16.2. The monoisotopic (exact) mass is 279 g/mol. The number of carbonyl (C=O) groups is 1. The number of piperidine rings is 1. The third kappa shape index (κ3) is 3.60. The molecule has 1 aliphatic heterocycles. The average molecular weight is 279 g/mol. The number of aliphatic hydroxyl groups is 1. The van der Waals surface area contributed by atoms with Gasteiger partial charge in [-0.3, -0.25) is 9.89 Å². The Labute approximate surface area is 120 Å². The fraction of sp³-hybridized carbons (Fsp3) is 0.733. The van der Waals surface area contributed by atoms with Crippen molar-refractivity contribution in [3.8, 4) is 0 Å². The van der Waals surface area contributed by atoms with E-state index in [-0.39, 0.29) is 18.6 Å². The van der Waals surface area contributed by atoms with Gasteiger partial charge in [0.2, 0.25) is 0 Å². The number of nitrogens with zero attached hydrogens (tertiary/aromatic N) is 2. The van der Waals surface area contributed by atoms with E-state index < -0.39 is 0 Å². The molecular weight excluding hydrogens is 254 g/mol. The first-order chi connectivity index (χ1) is 9.61. The van der Waals surface area contributed by atoms with E-state index in [2.05, 4.69) is 24.0 Å². The molecule has 5 heteroatoms. The Balaban J connectivity index is 2.06. The lowest BCUT2D eigenvalue weighted by Gasteiger charge is -2.35. The number of likely N-dealkylation sites (tertiary alicyclic amines) is 1. The highest BCUT2D eigenvalue weighted by molar-refractivity contribution is 5.92. The molecule has 1 amide bonds. The highest BCUT2D eigenvalue weighted by atomic mass is 16.3. The number of rotatable bonds is 5. The van der Waals surface area contributed by atoms with Gasteiger partial charge in [0.25, 0.3) is 5.91 Å². The highest BCUT2D eigenvalue weighted by Gasteiger charge is 2.28. The lowest BCUT2D eigenvalue weighted by Crippen LogP contribution is -2.44. The van der Waals surface area contributed by atoms with Crippen LogP contribution in [0.3, 0.4) is 0 Å². The van der Waals surface area contributed by atoms with Crippen molar-refractivity contribution in [2.24, 2.45) is 5.92 Å². The number of amides is 1. The maximum Gasteiger partial charge on any atom is 0.274 e. The number of H-pyrrole nitrogens is 1. The van der Waals surface area contributed by atoms with Crippen LogP contribution in [0.25, 0.3) is 0 Å². The van der Waals surface area contributed by atoms with Crippen molar-refractivity contribution in [1.29, 1.82) is 0 Å². The zero-order valence-electron chi connectivity index (χ0n) is 12.4. The van der Waals surface area contributed by atoms with Gasteiger partial charge < -0.3 is 10.0 Å². The van der Waals surface area contributed by atoms with Crippen LogP contribution in [0.4, 0.5) is 0 Å². The SMILES string of the molecule is CC(C)Cc1cc(C(=O)N2CCCCC2CCO)n[nH]1. The summed E-state index contributed by atoms with van der Waals surface area (Å²) in [6.45, 7) is 5.19. The molecule has 20 heavy (non-hydrogen) atoms. The van der Waals surface area contributed by atoms with Gasteiger partial charge in [-0.05, 0) is 44.1 Å². The summed E-state index contributed by atoms with van der Waals surface area (Å²) in [6.07, 6.45) is 4.72. The van der Waals surface area contributed by atoms with Crippen LogP contribution in [0.2, 0.25) is 0 Å². The first kappa shape index (κ1) is 15.0. The van der Waals surface area contributed by atoms with Crippen molar-refractivity contribution < 1.29 is 9.90 Å². The molecular formula is C15H25N3O2. The summed E-state index contributed by atoms with van der Waals surface area (Å²) < 4.78 is 0. The Hall–Kier alpha value is -1.36. The normalized spacial score (nSPS) is 19.6. The lowest BCUT2D eigenvalue weighted by atomic mass is 9.99. The van der Waals surface area contributed by atoms with Crippen LogP contribution in [0.5, 0.6) is 0 Å². The standard InChI is InChI=1S/C15H25N3O2/c1-11(2)9-12-10-14(17-16-12)15(20)18-7-4-3-5-13(18)6-8-19/h10-11,13,19H,3-9H2,1-2H3,(H,16,17). The molecule has 0 radical (unpaired) electrons. The molecule has 0 spiro atoms. The van der Waals surface area contributed by atoms with Crippen molar-refractivity contribution in [2.75, 3.05) is 13.2 Å². The minimum Gasteiger partial charge on any atom is -0.396 e. The molecule has 1 unspecified atom stereocenters. The fourth-order valence-electron chi connectivity index (χ4n) is 2.88. The van der Waals surface area contributed by atoms with Gasteiger partial charge in [-0.25, -0.2) is 0 Å². The Kier molecular flexibility index (Phi) is 5.17. The largest absolute Gasteiger partial charge is 0.396 e. The van der Waals surface area contributed by atoms with E-state index in [4.69, 9.17) is 5.11 Å². The van der Waals surface area contributed by atoms with Crippen molar-refractivity contribution in [2.45, 2.75) is 52.0 Å². The average Bonchev–Trinajstić information content (AvgIpc) is 2.86. The maximum absolute atomic E-state index is 12.5. The molecule has 1 aromatic heterocycles. The van der Waals surface area contributed by atoms with Gasteiger partial charge in [0.15, 0.2) is 0 Å². The quantitative estimate of drug-likeness (QED) is 0.866. The zero-order valence-corrected chi connectivity index (χ0v) is 12.4. The number of hydrogen-bond donors (Lipinski definition) is 2. The molecule has 0 aromatic carbocycles. The second kappa shape index (κ2) is 6.88. The number of hydrogen-bond acceptors (Lipinski definition) is 3. The van der Waals surface area contributed by atoms with E-state index in [1.807, 2.05) is 11.0 Å². The Bertz CT molecular complexity index is 440. The topological polar surface area (TPSA) is 69.2 Å². The van der Waals surface area contributed by atoms with Crippen LogP contribution in [-0.4, -0.2) is 45.3 Å². The zero-order chi connectivity index (χ0) is 14.5. The van der Waals surface area contributed by atoms with E-state index in [9.17, 15) is 4.79 Å². The molecule has 0 bridgehead atoms. The van der Waals surface area contributed by atoms with Gasteiger partial charge in [-0.15, -0.1) is 0 Å². The summed E-state index contributed by atoms with van der Waals surface area (Å²) in [6, 6.07) is 2.03. The molecule has 0 saturated carbocycles. The Morgan fingerprint density at radius 2 is 2.35 bits per heavy atom. The predicted octanol–water partition coefficient (Wildman–Crippen LogP) is 1.99. The van der Waals surface area contributed by atoms with Crippen LogP contribution >= 0.6 is 0 Å².